The number of hydrogen-bond donors (Lipinski definition) is 0. The van der Waals surface area contributed by atoms with Gasteiger partial charge in [0.05, 0.1) is 22.8 Å². The van der Waals surface area contributed by atoms with Crippen molar-refractivity contribution in [3.05, 3.63) is 5.56 Å². The van der Waals surface area contributed by atoms with Gasteiger partial charge in [0.25, 0.3) is 0 Å². The van der Waals surface area contributed by atoms with E-state index in [0.717, 1.165) is 33.8 Å². The lowest BCUT2D eigenvalue weighted by Crippen LogP contribution is -2.12. The standard InChI is InChI=1S/C18H27N5S2/c1-6-8-9-12(7-2)10-23-19-14-13(11(3)4)15-17(22-25-21-15)18(24-5)16(14)20-23/h11-12H,6-10H2,1-5H3. The second-order valence-electron chi connectivity index (χ2n) is 6.93. The normalized spacial score (nSPS) is 14.3. The Kier molecular flexibility index (Phi) is 5.94. The maximum atomic E-state index is 4.90. The van der Waals surface area contributed by atoms with Gasteiger partial charge in [-0.1, -0.05) is 47.0 Å². The molecule has 1 unspecified atom stereocenters. The molecule has 3 rings (SSSR count). The highest BCUT2D eigenvalue weighted by atomic mass is 32.2. The fourth-order valence-corrected chi connectivity index (χ4v) is 4.68. The molecule has 0 fully saturated rings. The summed E-state index contributed by atoms with van der Waals surface area (Å²) in [6.07, 6.45) is 7.01. The molecule has 0 amide bonds. The molecular weight excluding hydrogens is 350 g/mol. The van der Waals surface area contributed by atoms with Gasteiger partial charge in [0.1, 0.15) is 22.4 Å². The Morgan fingerprint density at radius 3 is 2.44 bits per heavy atom. The van der Waals surface area contributed by atoms with Gasteiger partial charge in [-0.05, 0) is 24.5 Å². The van der Waals surface area contributed by atoms with E-state index in [1.165, 1.54) is 42.6 Å². The number of benzene rings is 1. The van der Waals surface area contributed by atoms with Gasteiger partial charge >= 0.3 is 0 Å². The number of hydrogen-bond acceptors (Lipinski definition) is 5. The van der Waals surface area contributed by atoms with Crippen LogP contribution in [-0.4, -0.2) is 21.2 Å². The molecule has 0 aliphatic carbocycles. The fraction of sp³-hybridized carbons (Fsp3) is 0.667. The summed E-state index contributed by atoms with van der Waals surface area (Å²) >= 11 is 2.97. The summed E-state index contributed by atoms with van der Waals surface area (Å²) in [7, 11) is 0. The Balaban J connectivity index is 2.07. The van der Waals surface area contributed by atoms with Crippen molar-refractivity contribution in [2.45, 2.75) is 70.7 Å². The van der Waals surface area contributed by atoms with Crippen LogP contribution in [0.3, 0.4) is 0 Å². The predicted octanol–water partition coefficient (Wildman–Crippen LogP) is 6.22. The highest BCUT2D eigenvalue weighted by Gasteiger charge is 2.26. The summed E-state index contributed by atoms with van der Waals surface area (Å²) < 4.78 is 9.11. The van der Waals surface area contributed by atoms with Crippen molar-refractivity contribution in [3.63, 3.8) is 0 Å². The van der Waals surface area contributed by atoms with Gasteiger partial charge in [-0.25, -0.2) is 0 Å². The number of rotatable bonds is 8. The summed E-state index contributed by atoms with van der Waals surface area (Å²) in [6.45, 7) is 9.80. The summed E-state index contributed by atoms with van der Waals surface area (Å²) in [5.41, 5.74) is 5.16. The van der Waals surface area contributed by atoms with Crippen molar-refractivity contribution in [2.24, 2.45) is 14.6 Å². The number of fused-ring (bicyclic) bond motifs is 2. The summed E-state index contributed by atoms with van der Waals surface area (Å²) in [5, 5.41) is 9.77. The van der Waals surface area contributed by atoms with Crippen LogP contribution in [0.1, 0.15) is 64.9 Å². The maximum Gasteiger partial charge on any atom is 0.129 e. The lowest BCUT2D eigenvalue weighted by atomic mass is 9.98. The summed E-state index contributed by atoms with van der Waals surface area (Å²) in [4.78, 5) is 3.03. The zero-order valence-electron chi connectivity index (χ0n) is 15.7. The third-order valence-corrected chi connectivity index (χ3v) is 6.15. The molecule has 2 aromatic rings. The highest BCUT2D eigenvalue weighted by Crippen LogP contribution is 2.48. The van der Waals surface area contributed by atoms with E-state index in [2.05, 4.69) is 42.7 Å². The Hall–Kier alpha value is -1.21. The van der Waals surface area contributed by atoms with Crippen molar-refractivity contribution in [1.82, 2.24) is 15.0 Å². The van der Waals surface area contributed by atoms with Gasteiger partial charge in [-0.15, -0.1) is 11.8 Å². The molecule has 0 radical (unpaired) electrons. The van der Waals surface area contributed by atoms with Crippen LogP contribution in [0, 0.1) is 5.92 Å². The minimum atomic E-state index is 0.344. The molecule has 1 atom stereocenters. The van der Waals surface area contributed by atoms with E-state index in [1.54, 1.807) is 11.8 Å². The molecule has 136 valence electrons. The molecule has 7 heteroatoms. The summed E-state index contributed by atoms with van der Waals surface area (Å²) in [5.74, 6) is 0.982. The maximum absolute atomic E-state index is 4.90. The Bertz CT molecular complexity index is 834. The molecule has 1 aliphatic heterocycles. The average molecular weight is 378 g/mol. The third-order valence-electron chi connectivity index (χ3n) is 4.83. The van der Waals surface area contributed by atoms with E-state index in [-0.39, 0.29) is 0 Å². The highest BCUT2D eigenvalue weighted by molar-refractivity contribution is 7.99. The Labute approximate surface area is 157 Å². The van der Waals surface area contributed by atoms with Crippen LogP contribution in [0.4, 0.5) is 11.4 Å². The van der Waals surface area contributed by atoms with Crippen molar-refractivity contribution < 1.29 is 0 Å². The van der Waals surface area contributed by atoms with Crippen molar-refractivity contribution in [3.8, 4) is 0 Å². The van der Waals surface area contributed by atoms with Crippen LogP contribution in [0.2, 0.25) is 0 Å². The number of thioether (sulfide) groups is 1. The quantitative estimate of drug-likeness (QED) is 0.438. The van der Waals surface area contributed by atoms with Crippen LogP contribution < -0.4 is 0 Å². The van der Waals surface area contributed by atoms with Gasteiger partial charge in [0.2, 0.25) is 0 Å². The van der Waals surface area contributed by atoms with Crippen LogP contribution in [0.15, 0.2) is 13.6 Å². The molecule has 1 aliphatic rings. The average Bonchev–Trinajstić information content (AvgIpc) is 3.22. The van der Waals surface area contributed by atoms with E-state index < -0.39 is 0 Å². The molecule has 25 heavy (non-hydrogen) atoms. The van der Waals surface area contributed by atoms with Crippen molar-refractivity contribution in [2.75, 3.05) is 6.26 Å². The molecule has 1 aromatic heterocycles. The fourth-order valence-electron chi connectivity index (χ4n) is 3.39. The Morgan fingerprint density at radius 1 is 1.08 bits per heavy atom. The molecule has 1 aromatic carbocycles. The first-order valence-corrected chi connectivity index (χ1v) is 11.1. The van der Waals surface area contributed by atoms with Crippen LogP contribution in [0.25, 0.3) is 11.0 Å². The molecule has 0 bridgehead atoms. The molecule has 2 heterocycles. The van der Waals surface area contributed by atoms with Crippen molar-refractivity contribution >= 4 is 45.5 Å². The lowest BCUT2D eigenvalue weighted by molar-refractivity contribution is 0.351. The van der Waals surface area contributed by atoms with E-state index in [4.69, 9.17) is 10.2 Å². The van der Waals surface area contributed by atoms with Gasteiger partial charge in [-0.3, -0.25) is 0 Å². The first kappa shape index (κ1) is 18.6. The van der Waals surface area contributed by atoms with Crippen LogP contribution in [0.5, 0.6) is 0 Å². The summed E-state index contributed by atoms with van der Waals surface area (Å²) in [6, 6.07) is 0. The first-order valence-electron chi connectivity index (χ1n) is 9.17. The smallest absolute Gasteiger partial charge is 0.129 e. The minimum Gasteiger partial charge on any atom is -0.183 e. The molecule has 0 N–H and O–H groups in total. The van der Waals surface area contributed by atoms with Gasteiger partial charge < -0.3 is 0 Å². The molecular formula is C18H27N5S2. The van der Waals surface area contributed by atoms with Gasteiger partial charge in [0.15, 0.2) is 0 Å². The SMILES string of the molecule is CCCCC(CC)Cn1nc2c(SC)c3c(c(C(C)C)c2n1)N=S=N3. The monoisotopic (exact) mass is 377 g/mol. The zero-order chi connectivity index (χ0) is 18.0. The molecule has 0 saturated heterocycles. The van der Waals surface area contributed by atoms with Gasteiger partial charge in [0, 0.05) is 5.56 Å². The van der Waals surface area contributed by atoms with E-state index in [9.17, 15) is 0 Å². The molecule has 0 saturated carbocycles. The Morgan fingerprint density at radius 2 is 1.80 bits per heavy atom. The zero-order valence-corrected chi connectivity index (χ0v) is 17.4. The van der Waals surface area contributed by atoms with Crippen molar-refractivity contribution in [1.29, 1.82) is 0 Å². The predicted molar refractivity (Wildman–Crippen MR) is 108 cm³/mol. The van der Waals surface area contributed by atoms with Crippen LogP contribution in [-0.2, 0) is 17.9 Å². The number of unbranched alkanes of at least 4 members (excludes halogenated alkanes) is 1. The lowest BCUT2D eigenvalue weighted by Gasteiger charge is -2.13. The molecule has 0 spiro atoms. The molecule has 5 nitrogen and oxygen atoms in total. The second kappa shape index (κ2) is 7.99. The van der Waals surface area contributed by atoms with Gasteiger partial charge in [-0.2, -0.15) is 23.7 Å². The topological polar surface area (TPSA) is 55.4 Å². The number of nitrogens with zero attached hydrogens (tertiary/aromatic N) is 5. The third kappa shape index (κ3) is 3.53. The first-order chi connectivity index (χ1) is 12.1. The second-order valence-corrected chi connectivity index (χ2v) is 8.28. The van der Waals surface area contributed by atoms with Crippen LogP contribution >= 0.6 is 11.8 Å². The minimum absolute atomic E-state index is 0.344. The number of aromatic nitrogens is 3. The van der Waals surface area contributed by atoms with E-state index in [0.29, 0.717) is 11.8 Å². The van der Waals surface area contributed by atoms with E-state index >= 15 is 0 Å². The van der Waals surface area contributed by atoms with E-state index in [1.807, 2.05) is 4.80 Å². The largest absolute Gasteiger partial charge is 0.183 e.